The van der Waals surface area contributed by atoms with Crippen LogP contribution in [0.5, 0.6) is 0 Å². The second-order valence-electron chi connectivity index (χ2n) is 4.04. The van der Waals surface area contributed by atoms with Gasteiger partial charge in [-0.2, -0.15) is 0 Å². The number of hydrogen-bond acceptors (Lipinski definition) is 4. The summed E-state index contributed by atoms with van der Waals surface area (Å²) in [5, 5.41) is 0. The topological polar surface area (TPSA) is 64.9 Å². The van der Waals surface area contributed by atoms with Gasteiger partial charge in [-0.3, -0.25) is 0 Å². The van der Waals surface area contributed by atoms with Gasteiger partial charge >= 0.3 is 0 Å². The van der Waals surface area contributed by atoms with E-state index in [1.54, 1.807) is 0 Å². The molecule has 4 heteroatoms. The van der Waals surface area contributed by atoms with Gasteiger partial charge in [-0.25, -0.2) is 9.97 Å². The van der Waals surface area contributed by atoms with Crippen LogP contribution in [0.4, 0.5) is 0 Å². The van der Waals surface area contributed by atoms with Crippen LogP contribution in [0.3, 0.4) is 0 Å². The molecule has 80 valence electrons. The Labute approximate surface area is 88.5 Å². The number of pyridine rings is 1. The first-order chi connectivity index (χ1) is 7.19. The largest absolute Gasteiger partial charge is 0.422 e. The van der Waals surface area contributed by atoms with Crippen molar-refractivity contribution < 1.29 is 4.42 Å². The Morgan fingerprint density at radius 3 is 2.80 bits per heavy atom. The molecule has 0 atom stereocenters. The summed E-state index contributed by atoms with van der Waals surface area (Å²) < 4.78 is 5.54. The summed E-state index contributed by atoms with van der Waals surface area (Å²) in [6, 6.07) is 3.78. The Morgan fingerprint density at radius 1 is 1.33 bits per heavy atom. The number of fused-ring (bicyclic) bond motifs is 1. The fourth-order valence-electron chi connectivity index (χ4n) is 1.45. The van der Waals surface area contributed by atoms with Gasteiger partial charge in [0.1, 0.15) is 5.52 Å². The van der Waals surface area contributed by atoms with Gasteiger partial charge in [0.15, 0.2) is 5.89 Å². The second-order valence-corrected chi connectivity index (χ2v) is 4.04. The van der Waals surface area contributed by atoms with Gasteiger partial charge in [0, 0.05) is 13.0 Å². The summed E-state index contributed by atoms with van der Waals surface area (Å²) in [4.78, 5) is 8.63. The minimum atomic E-state index is 0.427. The van der Waals surface area contributed by atoms with E-state index in [1.807, 2.05) is 12.1 Å². The maximum absolute atomic E-state index is 5.54. The summed E-state index contributed by atoms with van der Waals surface area (Å²) in [5.41, 5.74) is 7.73. The number of hydrogen-bond donors (Lipinski definition) is 1. The zero-order valence-corrected chi connectivity index (χ0v) is 9.03. The van der Waals surface area contributed by atoms with Crippen LogP contribution < -0.4 is 5.73 Å². The van der Waals surface area contributed by atoms with E-state index in [9.17, 15) is 0 Å². The molecular formula is C11H15N3O. The highest BCUT2D eigenvalue weighted by molar-refractivity contribution is 5.67. The average Bonchev–Trinajstić information content (AvgIpc) is 2.57. The first kappa shape index (κ1) is 10.1. The number of nitrogens with two attached hydrogens (primary N) is 1. The van der Waals surface area contributed by atoms with Gasteiger partial charge in [-0.15, -0.1) is 0 Å². The molecule has 0 aliphatic heterocycles. The van der Waals surface area contributed by atoms with E-state index >= 15 is 0 Å². The molecule has 0 spiro atoms. The minimum absolute atomic E-state index is 0.427. The number of nitrogens with zero attached hydrogens (tertiary/aromatic N) is 2. The number of aromatic nitrogens is 2. The average molecular weight is 205 g/mol. The lowest BCUT2D eigenvalue weighted by Gasteiger charge is -1.96. The Hall–Kier alpha value is -1.42. The smallest absolute Gasteiger partial charge is 0.247 e. The first-order valence-corrected chi connectivity index (χ1v) is 5.14. The van der Waals surface area contributed by atoms with Gasteiger partial charge < -0.3 is 10.2 Å². The van der Waals surface area contributed by atoms with Crippen LogP contribution in [0.25, 0.3) is 11.2 Å². The molecule has 4 nitrogen and oxygen atoms in total. The van der Waals surface area contributed by atoms with Crippen LogP contribution in [0.1, 0.15) is 25.4 Å². The summed E-state index contributed by atoms with van der Waals surface area (Å²) >= 11 is 0. The third-order valence-electron chi connectivity index (χ3n) is 2.15. The van der Waals surface area contributed by atoms with Crippen molar-refractivity contribution in [1.82, 2.24) is 9.97 Å². The van der Waals surface area contributed by atoms with Gasteiger partial charge in [0.25, 0.3) is 0 Å². The highest BCUT2D eigenvalue weighted by atomic mass is 16.4. The highest BCUT2D eigenvalue weighted by Gasteiger charge is 2.08. The van der Waals surface area contributed by atoms with Crippen LogP contribution in [0.15, 0.2) is 16.5 Å². The molecule has 0 aromatic carbocycles. The van der Waals surface area contributed by atoms with Crippen molar-refractivity contribution in [3.05, 3.63) is 23.7 Å². The number of rotatable bonds is 3. The summed E-state index contributed by atoms with van der Waals surface area (Å²) in [6.07, 6.45) is 0.842. The Bertz CT molecular complexity index is 462. The lowest BCUT2D eigenvalue weighted by atomic mass is 10.1. The molecule has 2 aromatic heterocycles. The molecule has 0 radical (unpaired) electrons. The predicted molar refractivity (Wildman–Crippen MR) is 58.2 cm³/mol. The summed E-state index contributed by atoms with van der Waals surface area (Å²) in [7, 11) is 0. The standard InChI is InChI=1S/C11H15N3O/c1-7(2)5-10-14-9-4-3-8(6-12)13-11(9)15-10/h3-4,7H,5-6,12H2,1-2H3. The molecule has 0 aliphatic carbocycles. The van der Waals surface area contributed by atoms with Gasteiger partial charge in [-0.05, 0) is 18.1 Å². The van der Waals surface area contributed by atoms with Crippen LogP contribution >= 0.6 is 0 Å². The van der Waals surface area contributed by atoms with Crippen LogP contribution in [-0.2, 0) is 13.0 Å². The van der Waals surface area contributed by atoms with Crippen molar-refractivity contribution in [2.75, 3.05) is 0 Å². The highest BCUT2D eigenvalue weighted by Crippen LogP contribution is 2.16. The molecule has 0 amide bonds. The van der Waals surface area contributed by atoms with Crippen LogP contribution in [-0.4, -0.2) is 9.97 Å². The molecule has 2 N–H and O–H groups in total. The van der Waals surface area contributed by atoms with E-state index in [1.165, 1.54) is 0 Å². The molecule has 0 saturated carbocycles. The SMILES string of the molecule is CC(C)Cc1nc2ccc(CN)nc2o1. The molecule has 2 rings (SSSR count). The molecule has 2 aromatic rings. The molecule has 0 bridgehead atoms. The third-order valence-corrected chi connectivity index (χ3v) is 2.15. The van der Waals surface area contributed by atoms with E-state index in [4.69, 9.17) is 10.2 Å². The first-order valence-electron chi connectivity index (χ1n) is 5.14. The Kier molecular flexibility index (Phi) is 2.68. The quantitative estimate of drug-likeness (QED) is 0.830. The fourth-order valence-corrected chi connectivity index (χ4v) is 1.45. The monoisotopic (exact) mass is 205 g/mol. The fraction of sp³-hybridized carbons (Fsp3) is 0.455. The molecule has 15 heavy (non-hydrogen) atoms. The molecule has 0 unspecified atom stereocenters. The molecule has 0 fully saturated rings. The summed E-state index contributed by atoms with van der Waals surface area (Å²) in [6.45, 7) is 4.69. The maximum Gasteiger partial charge on any atom is 0.247 e. The Morgan fingerprint density at radius 2 is 2.13 bits per heavy atom. The maximum atomic E-state index is 5.54. The van der Waals surface area contributed by atoms with E-state index < -0.39 is 0 Å². The number of oxazole rings is 1. The molecule has 0 aliphatic rings. The molecule has 0 saturated heterocycles. The lowest BCUT2D eigenvalue weighted by Crippen LogP contribution is -1.98. The van der Waals surface area contributed by atoms with Gasteiger partial charge in [0.05, 0.1) is 5.69 Å². The zero-order valence-electron chi connectivity index (χ0n) is 9.03. The Balaban J connectivity index is 2.37. The summed E-state index contributed by atoms with van der Waals surface area (Å²) in [5.74, 6) is 1.29. The van der Waals surface area contributed by atoms with Crippen LogP contribution in [0.2, 0.25) is 0 Å². The molecule has 2 heterocycles. The van der Waals surface area contributed by atoms with Crippen molar-refractivity contribution in [1.29, 1.82) is 0 Å². The van der Waals surface area contributed by atoms with Crippen molar-refractivity contribution in [2.45, 2.75) is 26.8 Å². The van der Waals surface area contributed by atoms with E-state index in [0.717, 1.165) is 23.5 Å². The van der Waals surface area contributed by atoms with Gasteiger partial charge in [-0.1, -0.05) is 13.8 Å². The molecular weight excluding hydrogens is 190 g/mol. The third kappa shape index (κ3) is 2.15. The van der Waals surface area contributed by atoms with Crippen molar-refractivity contribution >= 4 is 11.2 Å². The predicted octanol–water partition coefficient (Wildman–Crippen LogP) is 1.88. The van der Waals surface area contributed by atoms with E-state index in [-0.39, 0.29) is 0 Å². The lowest BCUT2D eigenvalue weighted by molar-refractivity contribution is 0.476. The van der Waals surface area contributed by atoms with E-state index in [0.29, 0.717) is 18.2 Å². The minimum Gasteiger partial charge on any atom is -0.422 e. The zero-order chi connectivity index (χ0) is 10.8. The van der Waals surface area contributed by atoms with Crippen LogP contribution in [0, 0.1) is 5.92 Å². The van der Waals surface area contributed by atoms with E-state index in [2.05, 4.69) is 23.8 Å². The van der Waals surface area contributed by atoms with Crippen molar-refractivity contribution in [3.63, 3.8) is 0 Å². The normalized spacial score (nSPS) is 11.5. The van der Waals surface area contributed by atoms with Gasteiger partial charge in [0.2, 0.25) is 5.71 Å². The van der Waals surface area contributed by atoms with Crippen molar-refractivity contribution in [3.8, 4) is 0 Å². The second kappa shape index (κ2) is 3.98. The van der Waals surface area contributed by atoms with Crippen molar-refractivity contribution in [2.24, 2.45) is 11.7 Å².